The Morgan fingerprint density at radius 2 is 1.88 bits per heavy atom. The molecule has 1 unspecified atom stereocenters. The molecule has 172 valence electrons. The van der Waals surface area contributed by atoms with E-state index in [0.29, 0.717) is 30.4 Å². The molecule has 1 aliphatic heterocycles. The zero-order chi connectivity index (χ0) is 23.8. The van der Waals surface area contributed by atoms with Crippen molar-refractivity contribution in [2.75, 3.05) is 18.0 Å². The van der Waals surface area contributed by atoms with Crippen LogP contribution in [0.3, 0.4) is 0 Å². The third kappa shape index (κ3) is 2.91. The van der Waals surface area contributed by atoms with Crippen LogP contribution < -0.4 is 10.6 Å². The summed E-state index contributed by atoms with van der Waals surface area (Å²) in [7, 11) is 0. The second-order valence-electron chi connectivity index (χ2n) is 9.85. The summed E-state index contributed by atoms with van der Waals surface area (Å²) >= 11 is 0. The number of carbonyl (C=O) groups excluding carboxylic acids is 1. The molecular formula is C26H26F2N2O3. The van der Waals surface area contributed by atoms with Crippen molar-refractivity contribution in [2.24, 2.45) is 5.73 Å². The van der Waals surface area contributed by atoms with Crippen LogP contribution in [0, 0.1) is 12.7 Å². The number of alkyl halides is 1. The minimum atomic E-state index is -1.59. The summed E-state index contributed by atoms with van der Waals surface area (Å²) in [5.74, 6) is -2.75. The van der Waals surface area contributed by atoms with Crippen molar-refractivity contribution in [3.8, 4) is 0 Å². The summed E-state index contributed by atoms with van der Waals surface area (Å²) in [4.78, 5) is 26.6. The number of hydrogen-bond donors (Lipinski definition) is 2. The highest BCUT2D eigenvalue weighted by molar-refractivity contribution is 6.25. The molecule has 5 rings (SSSR count). The maximum absolute atomic E-state index is 15.6. The second-order valence-corrected chi connectivity index (χ2v) is 9.85. The van der Waals surface area contributed by atoms with Crippen LogP contribution in [0.1, 0.15) is 53.2 Å². The summed E-state index contributed by atoms with van der Waals surface area (Å²) in [6, 6.07) is 10.3. The van der Waals surface area contributed by atoms with Gasteiger partial charge < -0.3 is 15.7 Å². The molecule has 1 saturated carbocycles. The molecule has 33 heavy (non-hydrogen) atoms. The lowest BCUT2D eigenvalue weighted by Gasteiger charge is -2.37. The monoisotopic (exact) mass is 452 g/mol. The first-order valence-electron chi connectivity index (χ1n) is 11.1. The van der Waals surface area contributed by atoms with E-state index in [-0.39, 0.29) is 29.9 Å². The van der Waals surface area contributed by atoms with Gasteiger partial charge in [-0.3, -0.25) is 4.79 Å². The maximum Gasteiger partial charge on any atom is 0.339 e. The lowest BCUT2D eigenvalue weighted by Crippen LogP contribution is -2.53. The molecule has 1 saturated heterocycles. The zero-order valence-corrected chi connectivity index (χ0v) is 18.6. The van der Waals surface area contributed by atoms with Crippen LogP contribution in [0.5, 0.6) is 0 Å². The molecular weight excluding hydrogens is 426 g/mol. The van der Waals surface area contributed by atoms with Crippen LogP contribution in [0.25, 0.3) is 0 Å². The molecule has 3 aliphatic rings. The van der Waals surface area contributed by atoms with Crippen molar-refractivity contribution in [1.82, 2.24) is 0 Å². The first kappa shape index (κ1) is 21.8. The molecule has 2 aromatic carbocycles. The topological polar surface area (TPSA) is 83.6 Å². The van der Waals surface area contributed by atoms with Gasteiger partial charge in [0.05, 0.1) is 17.8 Å². The van der Waals surface area contributed by atoms with Gasteiger partial charge in [0.15, 0.2) is 5.78 Å². The van der Waals surface area contributed by atoms with Gasteiger partial charge in [-0.25, -0.2) is 13.6 Å². The van der Waals surface area contributed by atoms with Crippen molar-refractivity contribution < 1.29 is 23.5 Å². The number of carboxylic acids is 1. The largest absolute Gasteiger partial charge is 0.478 e. The summed E-state index contributed by atoms with van der Waals surface area (Å²) < 4.78 is 31.2. The molecule has 5 nitrogen and oxygen atoms in total. The average Bonchev–Trinajstić information content (AvgIpc) is 3.17. The van der Waals surface area contributed by atoms with Gasteiger partial charge in [-0.2, -0.15) is 0 Å². The molecule has 0 amide bonds. The second kappa shape index (κ2) is 6.97. The predicted molar refractivity (Wildman–Crippen MR) is 121 cm³/mol. The number of allylic oxidation sites excluding steroid dienone is 1. The van der Waals surface area contributed by atoms with E-state index in [0.717, 1.165) is 11.6 Å². The molecule has 2 aliphatic carbocycles. The standard InChI is InChI=1S/C26H26F2N2O3/c1-15-20-17(11-19(27)21(15)30-13-25(28)9-6-10-26(25,29)14-30)22(31)18(23(32)33)12-24(20,2)16-7-4-3-5-8-16/h3-5,7-8,11-12H,6,9-10,13-14,29H2,1-2H3,(H,32,33)/t24?,25-,26+/m0/s1. The number of ketones is 1. The molecule has 3 atom stereocenters. The highest BCUT2D eigenvalue weighted by atomic mass is 19.1. The van der Waals surface area contributed by atoms with Gasteiger partial charge in [-0.15, -0.1) is 0 Å². The number of hydrogen-bond acceptors (Lipinski definition) is 4. The highest BCUT2D eigenvalue weighted by Crippen LogP contribution is 2.50. The first-order valence-corrected chi connectivity index (χ1v) is 11.1. The summed E-state index contributed by atoms with van der Waals surface area (Å²) in [6.45, 7) is 3.72. The Morgan fingerprint density at radius 1 is 1.18 bits per heavy atom. The number of nitrogens with two attached hydrogens (primary N) is 1. The van der Waals surface area contributed by atoms with E-state index in [4.69, 9.17) is 5.73 Å². The number of carboxylic acid groups (broad SMARTS) is 1. The fourth-order valence-electron chi connectivity index (χ4n) is 6.22. The minimum Gasteiger partial charge on any atom is -0.478 e. The van der Waals surface area contributed by atoms with Crippen LogP contribution in [0.2, 0.25) is 0 Å². The lowest BCUT2D eigenvalue weighted by atomic mass is 9.67. The number of fused-ring (bicyclic) bond motifs is 2. The maximum atomic E-state index is 15.6. The number of halogens is 2. The number of benzene rings is 2. The third-order valence-corrected chi connectivity index (χ3v) is 7.86. The minimum absolute atomic E-state index is 0.00768. The molecule has 0 bridgehead atoms. The lowest BCUT2D eigenvalue weighted by molar-refractivity contribution is -0.132. The molecule has 3 N–H and O–H groups in total. The van der Waals surface area contributed by atoms with E-state index in [1.165, 1.54) is 6.08 Å². The van der Waals surface area contributed by atoms with E-state index in [2.05, 4.69) is 0 Å². The van der Waals surface area contributed by atoms with Crippen molar-refractivity contribution in [3.05, 3.63) is 76.1 Å². The molecule has 0 radical (unpaired) electrons. The average molecular weight is 453 g/mol. The quantitative estimate of drug-likeness (QED) is 0.687. The van der Waals surface area contributed by atoms with Gasteiger partial charge in [0, 0.05) is 17.5 Å². The number of nitrogens with zero attached hydrogens (tertiary/aromatic N) is 1. The first-order chi connectivity index (χ1) is 15.5. The molecule has 0 spiro atoms. The molecule has 1 heterocycles. The van der Waals surface area contributed by atoms with Crippen molar-refractivity contribution in [2.45, 2.75) is 49.7 Å². The molecule has 2 aromatic rings. The van der Waals surface area contributed by atoms with Gasteiger partial charge in [-0.05, 0) is 55.9 Å². The number of rotatable bonds is 3. The Hall–Kier alpha value is -3.06. The predicted octanol–water partition coefficient (Wildman–Crippen LogP) is 4.06. The number of aliphatic carboxylic acids is 1. The van der Waals surface area contributed by atoms with Gasteiger partial charge in [0.1, 0.15) is 17.1 Å². The SMILES string of the molecule is Cc1c(N2C[C@]3(N)CCC[C@]3(F)C2)c(F)cc2c1C(C)(c1ccccc1)C=C(C(=O)O)C2=O. The van der Waals surface area contributed by atoms with Crippen LogP contribution >= 0.6 is 0 Å². The van der Waals surface area contributed by atoms with E-state index in [1.807, 2.05) is 37.3 Å². The smallest absolute Gasteiger partial charge is 0.339 e. The fourth-order valence-corrected chi connectivity index (χ4v) is 6.22. The van der Waals surface area contributed by atoms with Crippen LogP contribution in [-0.4, -0.2) is 41.2 Å². The van der Waals surface area contributed by atoms with Gasteiger partial charge in [-0.1, -0.05) is 36.4 Å². The third-order valence-electron chi connectivity index (χ3n) is 7.86. The number of anilines is 1. The van der Waals surface area contributed by atoms with Crippen molar-refractivity contribution in [1.29, 1.82) is 0 Å². The van der Waals surface area contributed by atoms with E-state index >= 15 is 8.78 Å². The summed E-state index contributed by atoms with van der Waals surface area (Å²) in [5.41, 5.74) is 4.48. The molecule has 2 fully saturated rings. The van der Waals surface area contributed by atoms with E-state index in [1.54, 1.807) is 11.8 Å². The van der Waals surface area contributed by atoms with Gasteiger partial charge >= 0.3 is 5.97 Å². The Bertz CT molecular complexity index is 1210. The Labute approximate surface area is 190 Å². The van der Waals surface area contributed by atoms with E-state index < -0.39 is 34.2 Å². The van der Waals surface area contributed by atoms with Crippen molar-refractivity contribution >= 4 is 17.4 Å². The Kier molecular flexibility index (Phi) is 4.60. The highest BCUT2D eigenvalue weighted by Gasteiger charge is 2.60. The molecule has 7 heteroatoms. The van der Waals surface area contributed by atoms with E-state index in [9.17, 15) is 14.7 Å². The van der Waals surface area contributed by atoms with Crippen LogP contribution in [0.4, 0.5) is 14.5 Å². The van der Waals surface area contributed by atoms with Crippen LogP contribution in [0.15, 0.2) is 48.0 Å². The Morgan fingerprint density at radius 3 is 2.52 bits per heavy atom. The van der Waals surface area contributed by atoms with Gasteiger partial charge in [0.25, 0.3) is 0 Å². The fraction of sp³-hybridized carbons (Fsp3) is 0.385. The summed E-state index contributed by atoms with van der Waals surface area (Å²) in [5, 5.41) is 9.68. The zero-order valence-electron chi connectivity index (χ0n) is 18.6. The summed E-state index contributed by atoms with van der Waals surface area (Å²) in [6.07, 6.45) is 3.03. The Balaban J connectivity index is 1.73. The normalized spacial score (nSPS) is 30.8. The van der Waals surface area contributed by atoms with Gasteiger partial charge in [0.2, 0.25) is 0 Å². The number of carbonyl (C=O) groups is 2. The number of Topliss-reactive ketones (excluding diaryl/α,β-unsaturated/α-hetero) is 1. The molecule has 0 aromatic heterocycles. The van der Waals surface area contributed by atoms with Crippen molar-refractivity contribution in [3.63, 3.8) is 0 Å². The van der Waals surface area contributed by atoms with Crippen LogP contribution in [-0.2, 0) is 10.2 Å².